The van der Waals surface area contributed by atoms with E-state index in [4.69, 9.17) is 25.8 Å². The lowest BCUT2D eigenvalue weighted by Gasteiger charge is -2.29. The maximum Gasteiger partial charge on any atom is 0.229 e. The molecule has 2 aliphatic rings. The van der Waals surface area contributed by atoms with Crippen molar-refractivity contribution in [3.63, 3.8) is 0 Å². The van der Waals surface area contributed by atoms with E-state index in [1.807, 2.05) is 37.2 Å². The van der Waals surface area contributed by atoms with Gasteiger partial charge in [0.2, 0.25) is 5.95 Å². The van der Waals surface area contributed by atoms with Crippen molar-refractivity contribution in [2.24, 2.45) is 0 Å². The largest absolute Gasteiger partial charge is 0.495 e. The van der Waals surface area contributed by atoms with Crippen molar-refractivity contribution in [3.05, 3.63) is 52.7 Å². The van der Waals surface area contributed by atoms with E-state index in [-0.39, 0.29) is 0 Å². The summed E-state index contributed by atoms with van der Waals surface area (Å²) >= 11 is 6.48. The molecule has 3 aromatic rings. The van der Waals surface area contributed by atoms with Gasteiger partial charge < -0.3 is 34.6 Å². The van der Waals surface area contributed by atoms with Gasteiger partial charge in [-0.05, 0) is 48.2 Å². The van der Waals surface area contributed by atoms with Gasteiger partial charge in [-0.25, -0.2) is 4.98 Å². The van der Waals surface area contributed by atoms with Crippen molar-refractivity contribution < 1.29 is 14.2 Å². The molecule has 5 rings (SSSR count). The lowest BCUT2D eigenvalue weighted by atomic mass is 10.0. The van der Waals surface area contributed by atoms with E-state index < -0.39 is 0 Å². The molecule has 10 nitrogen and oxygen atoms in total. The first-order valence-corrected chi connectivity index (χ1v) is 14.5. The van der Waals surface area contributed by atoms with Crippen molar-refractivity contribution in [2.45, 2.75) is 12.8 Å². The summed E-state index contributed by atoms with van der Waals surface area (Å²) < 4.78 is 16.9. The summed E-state index contributed by atoms with van der Waals surface area (Å²) in [4.78, 5) is 16.2. The fourth-order valence-corrected chi connectivity index (χ4v) is 5.36. The van der Waals surface area contributed by atoms with Crippen LogP contribution in [0.1, 0.15) is 11.1 Å². The summed E-state index contributed by atoms with van der Waals surface area (Å²) in [6, 6.07) is 10.2. The van der Waals surface area contributed by atoms with Crippen LogP contribution in [0.3, 0.4) is 0 Å². The van der Waals surface area contributed by atoms with Crippen molar-refractivity contribution in [3.8, 4) is 11.5 Å². The first-order chi connectivity index (χ1) is 19.9. The molecule has 0 amide bonds. The third-order valence-corrected chi connectivity index (χ3v) is 7.97. The fraction of sp³-hybridized carbons (Fsp3) is 0.467. The molecule has 1 fully saturated rings. The van der Waals surface area contributed by atoms with Gasteiger partial charge in [0.1, 0.15) is 16.5 Å². The van der Waals surface area contributed by atoms with Gasteiger partial charge >= 0.3 is 0 Å². The van der Waals surface area contributed by atoms with Crippen LogP contribution < -0.4 is 25.0 Å². The second kappa shape index (κ2) is 13.6. The number of morpholine rings is 1. The second-order valence-electron chi connectivity index (χ2n) is 10.5. The van der Waals surface area contributed by atoms with Crippen molar-refractivity contribution in [1.29, 1.82) is 0 Å². The van der Waals surface area contributed by atoms with Crippen LogP contribution in [0, 0.1) is 0 Å². The van der Waals surface area contributed by atoms with Crippen LogP contribution in [0.15, 0.2) is 36.5 Å². The molecule has 11 heteroatoms. The van der Waals surface area contributed by atoms with Crippen molar-refractivity contribution in [1.82, 2.24) is 19.8 Å². The minimum Gasteiger partial charge on any atom is -0.495 e. The SMILES string of the molecule is COc1cc2c(cc1Nc1ncc(Cl)c(Nc3ccc(N(C)C)cc3OC)n1)CCN(CCN1CCOCC1)CC2. The van der Waals surface area contributed by atoms with E-state index in [2.05, 4.69) is 42.5 Å². The van der Waals surface area contributed by atoms with Gasteiger partial charge in [0, 0.05) is 65.1 Å². The summed E-state index contributed by atoms with van der Waals surface area (Å²) in [5.41, 5.74) is 5.26. The zero-order valence-corrected chi connectivity index (χ0v) is 25.1. The van der Waals surface area contributed by atoms with E-state index in [1.54, 1.807) is 20.4 Å². The summed E-state index contributed by atoms with van der Waals surface area (Å²) in [5.74, 6) is 2.34. The quantitative estimate of drug-likeness (QED) is 0.358. The molecule has 41 heavy (non-hydrogen) atoms. The van der Waals surface area contributed by atoms with Gasteiger partial charge in [-0.1, -0.05) is 11.6 Å². The molecule has 0 spiro atoms. The van der Waals surface area contributed by atoms with Gasteiger partial charge in [0.25, 0.3) is 0 Å². The first-order valence-electron chi connectivity index (χ1n) is 14.1. The Bertz CT molecular complexity index is 1330. The maximum absolute atomic E-state index is 6.48. The molecule has 2 N–H and O–H groups in total. The van der Waals surface area contributed by atoms with Crippen molar-refractivity contribution >= 4 is 40.4 Å². The molecule has 3 heterocycles. The number of anilines is 5. The summed E-state index contributed by atoms with van der Waals surface area (Å²) in [6.07, 6.45) is 3.56. The Kier molecular flexibility index (Phi) is 9.66. The smallest absolute Gasteiger partial charge is 0.229 e. The zero-order valence-electron chi connectivity index (χ0n) is 24.4. The van der Waals surface area contributed by atoms with Gasteiger partial charge in [0.15, 0.2) is 5.82 Å². The van der Waals surface area contributed by atoms with E-state index in [0.29, 0.717) is 22.5 Å². The third kappa shape index (κ3) is 7.32. The monoisotopic (exact) mass is 581 g/mol. The number of rotatable bonds is 10. The Morgan fingerprint density at radius 3 is 2.22 bits per heavy atom. The lowest BCUT2D eigenvalue weighted by molar-refractivity contribution is 0.0335. The normalized spacial score (nSPS) is 16.0. The minimum atomic E-state index is 0.403. The highest BCUT2D eigenvalue weighted by atomic mass is 35.5. The number of hydrogen-bond donors (Lipinski definition) is 2. The minimum absolute atomic E-state index is 0.403. The molecule has 0 unspecified atom stereocenters. The number of nitrogens with zero attached hydrogens (tertiary/aromatic N) is 5. The number of methoxy groups -OCH3 is 2. The zero-order chi connectivity index (χ0) is 28.8. The number of fused-ring (bicyclic) bond motifs is 1. The third-order valence-electron chi connectivity index (χ3n) is 7.70. The predicted octanol–water partition coefficient (Wildman–Crippen LogP) is 4.43. The predicted molar refractivity (Wildman–Crippen MR) is 165 cm³/mol. The molecule has 220 valence electrons. The molecule has 2 aliphatic heterocycles. The van der Waals surface area contributed by atoms with E-state index >= 15 is 0 Å². The maximum atomic E-state index is 6.48. The Balaban J connectivity index is 1.29. The number of ether oxygens (including phenoxy) is 3. The van der Waals surface area contributed by atoms with E-state index in [1.165, 1.54) is 11.1 Å². The molecule has 1 aromatic heterocycles. The Morgan fingerprint density at radius 2 is 1.54 bits per heavy atom. The lowest BCUT2D eigenvalue weighted by Crippen LogP contribution is -2.42. The molecule has 0 aliphatic carbocycles. The molecule has 0 bridgehead atoms. The van der Waals surface area contributed by atoms with Gasteiger partial charge in [-0.3, -0.25) is 4.90 Å². The summed E-state index contributed by atoms with van der Waals surface area (Å²) in [7, 11) is 7.31. The number of hydrogen-bond acceptors (Lipinski definition) is 10. The van der Waals surface area contributed by atoms with Crippen LogP contribution in [-0.2, 0) is 17.6 Å². The summed E-state index contributed by atoms with van der Waals surface area (Å²) in [6.45, 7) is 7.98. The molecule has 1 saturated heterocycles. The molecular weight excluding hydrogens is 542 g/mol. The highest BCUT2D eigenvalue weighted by Crippen LogP contribution is 2.35. The summed E-state index contributed by atoms with van der Waals surface area (Å²) in [5, 5.41) is 7.06. The highest BCUT2D eigenvalue weighted by Gasteiger charge is 2.19. The van der Waals surface area contributed by atoms with Crippen LogP contribution in [0.4, 0.5) is 28.8 Å². The number of aromatic nitrogens is 2. The van der Waals surface area contributed by atoms with Crippen LogP contribution in [0.5, 0.6) is 11.5 Å². The van der Waals surface area contributed by atoms with E-state index in [9.17, 15) is 0 Å². The Morgan fingerprint density at radius 1 is 0.878 bits per heavy atom. The van der Waals surface area contributed by atoms with Gasteiger partial charge in [0.05, 0.1) is 45.0 Å². The molecule has 2 aromatic carbocycles. The topological polar surface area (TPSA) is 87.2 Å². The Labute approximate surface area is 247 Å². The van der Waals surface area contributed by atoms with Crippen LogP contribution in [0.25, 0.3) is 0 Å². The fourth-order valence-electron chi connectivity index (χ4n) is 5.22. The highest BCUT2D eigenvalue weighted by molar-refractivity contribution is 6.33. The van der Waals surface area contributed by atoms with Gasteiger partial charge in [-0.2, -0.15) is 4.98 Å². The van der Waals surface area contributed by atoms with Crippen LogP contribution in [0.2, 0.25) is 5.02 Å². The molecule has 0 atom stereocenters. The average molecular weight is 582 g/mol. The Hall–Kier alpha value is -3.31. The van der Waals surface area contributed by atoms with E-state index in [0.717, 1.165) is 88.1 Å². The van der Waals surface area contributed by atoms with Crippen LogP contribution >= 0.6 is 11.6 Å². The van der Waals surface area contributed by atoms with Crippen molar-refractivity contribution in [2.75, 3.05) is 96.3 Å². The van der Waals surface area contributed by atoms with Gasteiger partial charge in [-0.15, -0.1) is 0 Å². The first kappa shape index (κ1) is 29.2. The number of nitrogens with one attached hydrogen (secondary N) is 2. The average Bonchev–Trinajstić information content (AvgIpc) is 3.19. The molecule has 0 radical (unpaired) electrons. The van der Waals surface area contributed by atoms with Crippen LogP contribution in [-0.4, -0.2) is 101 Å². The number of benzene rings is 2. The second-order valence-corrected chi connectivity index (χ2v) is 10.9. The number of halogens is 1. The molecule has 0 saturated carbocycles. The molecular formula is C30H40ClN7O3. The standard InChI is InChI=1S/C30H40ClN7O3/c1-36(2)23-5-6-25(28(19-23)40-4)33-29-24(31)20-32-30(35-29)34-26-17-21-7-9-37(10-8-22(21)18-27(26)39-3)11-12-38-13-15-41-16-14-38/h5-6,17-20H,7-16H2,1-4H3,(H2,32,33,34,35).